The predicted octanol–water partition coefficient (Wildman–Crippen LogP) is 5.45. The van der Waals surface area contributed by atoms with Gasteiger partial charge in [-0.1, -0.05) is 70.8 Å². The molecule has 34 heavy (non-hydrogen) atoms. The van der Waals surface area contributed by atoms with Crippen LogP contribution in [0.4, 0.5) is 0 Å². The molecule has 1 aromatic heterocycles. The van der Waals surface area contributed by atoms with Gasteiger partial charge in [0.1, 0.15) is 5.69 Å². The van der Waals surface area contributed by atoms with Crippen LogP contribution < -0.4 is 5.32 Å². The summed E-state index contributed by atoms with van der Waals surface area (Å²) in [6.07, 6.45) is 0.0938. The van der Waals surface area contributed by atoms with Gasteiger partial charge in [0.05, 0.1) is 27.1 Å². The highest BCUT2D eigenvalue weighted by Gasteiger charge is 2.16. The maximum absolute atomic E-state index is 12.4. The first-order valence-electron chi connectivity index (χ1n) is 10.4. The minimum atomic E-state index is -3.45. The molecule has 0 aliphatic carbocycles. The number of rotatable bonds is 8. The second kappa shape index (κ2) is 10.4. The second-order valence-corrected chi connectivity index (χ2v) is 10.5. The Kier molecular flexibility index (Phi) is 7.36. The number of carbonyl (C=O) groups is 1. The van der Waals surface area contributed by atoms with Crippen LogP contribution in [0.2, 0.25) is 10.0 Å². The Hall–Kier alpha value is -3.13. The molecule has 0 aliphatic heterocycles. The molecule has 1 heterocycles. The van der Waals surface area contributed by atoms with Crippen molar-refractivity contribution >= 4 is 38.9 Å². The molecule has 4 rings (SSSR count). The van der Waals surface area contributed by atoms with Gasteiger partial charge in [-0.05, 0) is 35.9 Å². The zero-order chi connectivity index (χ0) is 24.1. The molecular weight excluding hydrogens is 495 g/mol. The number of hydrogen-bond donors (Lipinski definition) is 1. The minimum absolute atomic E-state index is 0.0276. The van der Waals surface area contributed by atoms with Gasteiger partial charge in [0.2, 0.25) is 5.91 Å². The van der Waals surface area contributed by atoms with Gasteiger partial charge in [-0.15, -0.1) is 0 Å². The van der Waals surface area contributed by atoms with Crippen LogP contribution in [-0.4, -0.2) is 31.8 Å². The molecule has 0 atom stereocenters. The Labute approximate surface area is 207 Å². The molecule has 0 saturated heterocycles. The largest absolute Gasteiger partial charge is 0.356 e. The van der Waals surface area contributed by atoms with E-state index in [1.54, 1.807) is 42.5 Å². The molecule has 1 amide bonds. The van der Waals surface area contributed by atoms with Crippen LogP contribution in [-0.2, 0) is 21.1 Å². The van der Waals surface area contributed by atoms with Crippen molar-refractivity contribution in [1.29, 1.82) is 0 Å². The minimum Gasteiger partial charge on any atom is -0.356 e. The summed E-state index contributed by atoms with van der Waals surface area (Å²) in [5.74, 6) is 0.0533. The van der Waals surface area contributed by atoms with E-state index in [9.17, 15) is 13.2 Å². The number of hydrogen-bond acceptors (Lipinski definition) is 5. The SMILES string of the molecule is O=C(Cc1cccc(-c2cc(-c3c(Cl)cccc3Cl)no2)c1)NCCS(=O)(=O)c1ccccc1. The predicted molar refractivity (Wildman–Crippen MR) is 133 cm³/mol. The smallest absolute Gasteiger partial charge is 0.224 e. The molecule has 0 bridgehead atoms. The van der Waals surface area contributed by atoms with Crippen LogP contribution in [0.3, 0.4) is 0 Å². The van der Waals surface area contributed by atoms with Crippen LogP contribution in [0, 0.1) is 0 Å². The highest BCUT2D eigenvalue weighted by Crippen LogP contribution is 2.35. The summed E-state index contributed by atoms with van der Waals surface area (Å²) in [4.78, 5) is 12.6. The summed E-state index contributed by atoms with van der Waals surface area (Å²) < 4.78 is 30.2. The maximum atomic E-state index is 12.4. The van der Waals surface area contributed by atoms with Crippen molar-refractivity contribution in [3.8, 4) is 22.6 Å². The highest BCUT2D eigenvalue weighted by molar-refractivity contribution is 7.91. The molecule has 0 radical (unpaired) electrons. The number of halogens is 2. The maximum Gasteiger partial charge on any atom is 0.224 e. The third kappa shape index (κ3) is 5.67. The molecule has 4 aromatic rings. The number of benzene rings is 3. The lowest BCUT2D eigenvalue weighted by atomic mass is 10.0. The highest BCUT2D eigenvalue weighted by atomic mass is 35.5. The molecule has 0 spiro atoms. The van der Waals surface area contributed by atoms with Gasteiger partial charge in [-0.3, -0.25) is 4.79 Å². The quantitative estimate of drug-likeness (QED) is 0.337. The molecule has 0 fully saturated rings. The third-order valence-corrected chi connectivity index (χ3v) is 7.46. The van der Waals surface area contributed by atoms with Crippen molar-refractivity contribution in [3.63, 3.8) is 0 Å². The topological polar surface area (TPSA) is 89.3 Å². The fraction of sp³-hybridized carbons (Fsp3) is 0.120. The lowest BCUT2D eigenvalue weighted by Crippen LogP contribution is -2.30. The van der Waals surface area contributed by atoms with Crippen LogP contribution >= 0.6 is 23.2 Å². The molecule has 1 N–H and O–H groups in total. The van der Waals surface area contributed by atoms with E-state index in [0.29, 0.717) is 27.1 Å². The van der Waals surface area contributed by atoms with E-state index in [-0.39, 0.29) is 29.5 Å². The molecule has 3 aromatic carbocycles. The van der Waals surface area contributed by atoms with Crippen molar-refractivity contribution in [2.24, 2.45) is 0 Å². The van der Waals surface area contributed by atoms with Gasteiger partial charge in [0.15, 0.2) is 15.6 Å². The van der Waals surface area contributed by atoms with Crippen molar-refractivity contribution in [1.82, 2.24) is 10.5 Å². The summed E-state index contributed by atoms with van der Waals surface area (Å²) in [7, 11) is -3.45. The zero-order valence-corrected chi connectivity index (χ0v) is 20.2. The van der Waals surface area contributed by atoms with Gasteiger partial charge in [-0.2, -0.15) is 0 Å². The second-order valence-electron chi connectivity index (χ2n) is 7.53. The Balaban J connectivity index is 1.40. The first-order valence-corrected chi connectivity index (χ1v) is 12.8. The number of amides is 1. The van der Waals surface area contributed by atoms with Gasteiger partial charge < -0.3 is 9.84 Å². The van der Waals surface area contributed by atoms with Crippen LogP contribution in [0.25, 0.3) is 22.6 Å². The average Bonchev–Trinajstić information content (AvgIpc) is 3.29. The summed E-state index contributed by atoms with van der Waals surface area (Å²) in [6, 6.07) is 22.4. The number of nitrogens with zero attached hydrogens (tertiary/aromatic N) is 1. The van der Waals surface area contributed by atoms with Gasteiger partial charge in [0, 0.05) is 23.7 Å². The third-order valence-electron chi connectivity index (χ3n) is 5.10. The normalized spacial score (nSPS) is 11.4. The Morgan fingerprint density at radius 1 is 0.912 bits per heavy atom. The van der Waals surface area contributed by atoms with Gasteiger partial charge in [-0.25, -0.2) is 8.42 Å². The molecule has 174 valence electrons. The first-order chi connectivity index (χ1) is 16.3. The molecular formula is C25H20Cl2N2O4S. The summed E-state index contributed by atoms with van der Waals surface area (Å²) >= 11 is 12.5. The van der Waals surface area contributed by atoms with Crippen LogP contribution in [0.15, 0.2) is 88.3 Å². The van der Waals surface area contributed by atoms with Crippen molar-refractivity contribution in [2.45, 2.75) is 11.3 Å². The van der Waals surface area contributed by atoms with E-state index in [1.165, 1.54) is 12.1 Å². The monoisotopic (exact) mass is 514 g/mol. The van der Waals surface area contributed by atoms with E-state index in [2.05, 4.69) is 10.5 Å². The number of sulfone groups is 1. The van der Waals surface area contributed by atoms with Gasteiger partial charge in [0.25, 0.3) is 0 Å². The van der Waals surface area contributed by atoms with E-state index in [4.69, 9.17) is 27.7 Å². The number of carbonyl (C=O) groups excluding carboxylic acids is 1. The average molecular weight is 515 g/mol. The van der Waals surface area contributed by atoms with Crippen molar-refractivity contribution < 1.29 is 17.7 Å². The first kappa shape index (κ1) is 24.0. The molecule has 6 nitrogen and oxygen atoms in total. The fourth-order valence-corrected chi connectivity index (χ4v) is 5.19. The molecule has 0 unspecified atom stereocenters. The van der Waals surface area contributed by atoms with Crippen molar-refractivity contribution in [3.05, 3.63) is 94.5 Å². The lowest BCUT2D eigenvalue weighted by Gasteiger charge is -2.07. The molecule has 9 heteroatoms. The van der Waals surface area contributed by atoms with E-state index in [0.717, 1.165) is 11.1 Å². The Bertz CT molecular complexity index is 1400. The fourth-order valence-electron chi connectivity index (χ4n) is 3.42. The Morgan fingerprint density at radius 2 is 1.62 bits per heavy atom. The van der Waals surface area contributed by atoms with E-state index >= 15 is 0 Å². The standard InChI is InChI=1S/C25H20Cl2N2O4S/c26-20-10-5-11-21(27)25(20)22-16-23(33-29-22)18-7-4-6-17(14-18)15-24(30)28-12-13-34(31,32)19-8-2-1-3-9-19/h1-11,14,16H,12-13,15H2,(H,28,30). The van der Waals surface area contributed by atoms with Gasteiger partial charge >= 0.3 is 0 Å². The van der Waals surface area contributed by atoms with Crippen LogP contribution in [0.1, 0.15) is 5.56 Å². The number of nitrogens with one attached hydrogen (secondary N) is 1. The molecule has 0 aliphatic rings. The molecule has 0 saturated carbocycles. The number of aromatic nitrogens is 1. The lowest BCUT2D eigenvalue weighted by molar-refractivity contribution is -0.120. The summed E-state index contributed by atoms with van der Waals surface area (Å²) in [5.41, 5.74) is 2.57. The van der Waals surface area contributed by atoms with E-state index < -0.39 is 9.84 Å². The zero-order valence-electron chi connectivity index (χ0n) is 17.9. The Morgan fingerprint density at radius 3 is 2.35 bits per heavy atom. The van der Waals surface area contributed by atoms with Crippen molar-refractivity contribution in [2.75, 3.05) is 12.3 Å². The van der Waals surface area contributed by atoms with E-state index in [1.807, 2.05) is 24.3 Å². The summed E-state index contributed by atoms with van der Waals surface area (Å²) in [6.45, 7) is 0.0276. The summed E-state index contributed by atoms with van der Waals surface area (Å²) in [5, 5.41) is 7.68. The van der Waals surface area contributed by atoms with Crippen LogP contribution in [0.5, 0.6) is 0 Å².